The summed E-state index contributed by atoms with van der Waals surface area (Å²) >= 11 is 0. The zero-order chi connectivity index (χ0) is 38.0. The van der Waals surface area contributed by atoms with Crippen LogP contribution in [0.5, 0.6) is 11.5 Å². The quantitative estimate of drug-likeness (QED) is 0.125. The molecule has 2 bridgehead atoms. The summed E-state index contributed by atoms with van der Waals surface area (Å²) in [5.74, 6) is -4.21. The molecular weight excluding hydrogens is 660 g/mol. The van der Waals surface area contributed by atoms with Gasteiger partial charge in [0.2, 0.25) is 0 Å². The van der Waals surface area contributed by atoms with Crippen LogP contribution >= 0.6 is 0 Å². The summed E-state index contributed by atoms with van der Waals surface area (Å²) < 4.78 is 30.5. The molecule has 3 amide bonds. The number of methoxy groups -OCH3 is 2. The van der Waals surface area contributed by atoms with E-state index >= 15 is 0 Å². The first-order chi connectivity index (χ1) is 24.1. The van der Waals surface area contributed by atoms with Gasteiger partial charge in [-0.05, 0) is 62.4 Å². The standard InChI is InChI=1S/C38H46FN3O9/c1-8-16-41-32-27-17-21(2)18-31(50-7)33(44)23(4)19-24(5)35(51-38(40)48)30(49-6)11-9-10-22(3)36(46)42(28(34(27)45)20-29(32)43)37(47)25-12-14-26(39)15-13-25/h8-16,19-21,23,30-31,33,35,43-45H,1,17-18H2,2-7H3,(H2,40,48)/t21-,23+,30+,31+,33-,35+/m1/s1/i39-1. The molecule has 0 radical (unpaired) electrons. The van der Waals surface area contributed by atoms with Gasteiger partial charge in [0.15, 0.2) is 6.10 Å². The number of aliphatic imine (C=N–C) groups is 1. The highest BCUT2D eigenvalue weighted by atomic mass is 18.2. The highest BCUT2D eigenvalue weighted by molar-refractivity contribution is 6.26. The number of hydrogen-bond acceptors (Lipinski definition) is 10. The fourth-order valence-corrected chi connectivity index (χ4v) is 5.91. The summed E-state index contributed by atoms with van der Waals surface area (Å²) in [6.07, 6.45) is 4.34. The molecule has 0 spiro atoms. The number of anilines is 1. The molecular formula is C38H46FN3O9. The molecule has 0 saturated carbocycles. The smallest absolute Gasteiger partial charge is 0.405 e. The maximum Gasteiger partial charge on any atom is 0.405 e. The summed E-state index contributed by atoms with van der Waals surface area (Å²) in [4.78, 5) is 45.0. The molecule has 12 nitrogen and oxygen atoms in total. The Balaban J connectivity index is 2.35. The van der Waals surface area contributed by atoms with Gasteiger partial charge in [0, 0.05) is 49.1 Å². The van der Waals surface area contributed by atoms with E-state index in [-0.39, 0.29) is 46.8 Å². The number of aliphatic hydroxyl groups is 1. The second kappa shape index (κ2) is 18.2. The van der Waals surface area contributed by atoms with Crippen molar-refractivity contribution in [3.8, 4) is 11.5 Å². The highest BCUT2D eigenvalue weighted by Gasteiger charge is 2.33. The largest absolute Gasteiger partial charge is 0.506 e. The first kappa shape index (κ1) is 40.3. The molecule has 0 unspecified atom stereocenters. The minimum absolute atomic E-state index is 0.0105. The third-order valence-corrected chi connectivity index (χ3v) is 8.56. The van der Waals surface area contributed by atoms with Crippen molar-refractivity contribution in [1.29, 1.82) is 0 Å². The van der Waals surface area contributed by atoms with E-state index in [0.29, 0.717) is 10.5 Å². The van der Waals surface area contributed by atoms with E-state index in [1.165, 1.54) is 63.8 Å². The number of aliphatic hydroxyl groups excluding tert-OH is 1. The Bertz CT molecular complexity index is 1720. The lowest BCUT2D eigenvalue weighted by Crippen LogP contribution is -2.38. The van der Waals surface area contributed by atoms with E-state index in [2.05, 4.69) is 11.6 Å². The van der Waals surface area contributed by atoms with Crippen molar-refractivity contribution in [3.05, 3.63) is 95.4 Å². The van der Waals surface area contributed by atoms with E-state index in [9.17, 15) is 34.1 Å². The summed E-state index contributed by atoms with van der Waals surface area (Å²) in [6, 6.07) is 5.54. The Kier molecular flexibility index (Phi) is 14.4. The van der Waals surface area contributed by atoms with Crippen molar-refractivity contribution in [3.63, 3.8) is 0 Å². The maximum absolute atomic E-state index is 14.1. The molecule has 2 aromatic rings. The predicted octanol–water partition coefficient (Wildman–Crippen LogP) is 5.82. The van der Waals surface area contributed by atoms with Crippen LogP contribution in [0.4, 0.5) is 20.6 Å². The van der Waals surface area contributed by atoms with Gasteiger partial charge in [0.25, 0.3) is 11.8 Å². The number of amides is 3. The Morgan fingerprint density at radius 3 is 2.37 bits per heavy atom. The van der Waals surface area contributed by atoms with Crippen molar-refractivity contribution in [1.82, 2.24) is 0 Å². The number of allylic oxidation sites excluding steroid dienone is 3. The van der Waals surface area contributed by atoms with E-state index in [1.807, 2.05) is 6.92 Å². The molecule has 0 aliphatic carbocycles. The molecule has 1 aliphatic heterocycles. The van der Waals surface area contributed by atoms with Crippen molar-refractivity contribution in [2.24, 2.45) is 22.6 Å². The number of primary amides is 1. The van der Waals surface area contributed by atoms with E-state index in [1.54, 1.807) is 19.9 Å². The molecule has 13 heteroatoms. The van der Waals surface area contributed by atoms with Crippen molar-refractivity contribution >= 4 is 35.5 Å². The second-order valence-electron chi connectivity index (χ2n) is 12.4. The zero-order valence-electron chi connectivity index (χ0n) is 29.6. The number of rotatable bonds is 6. The molecule has 1 heterocycles. The Morgan fingerprint density at radius 2 is 1.78 bits per heavy atom. The van der Waals surface area contributed by atoms with E-state index in [4.69, 9.17) is 19.9 Å². The van der Waals surface area contributed by atoms with Gasteiger partial charge < -0.3 is 35.3 Å². The van der Waals surface area contributed by atoms with Crippen LogP contribution in [0.15, 0.2) is 83.4 Å². The number of phenolic OH excluding ortho intramolecular Hbond substituents is 2. The lowest BCUT2D eigenvalue weighted by molar-refractivity contribution is -0.114. The third-order valence-electron chi connectivity index (χ3n) is 8.56. The van der Waals surface area contributed by atoms with Crippen LogP contribution < -0.4 is 10.6 Å². The number of hydrogen-bond donors (Lipinski definition) is 4. The summed E-state index contributed by atoms with van der Waals surface area (Å²) in [7, 11) is 2.84. The molecule has 1 aliphatic rings. The Hall–Kier alpha value is -5.11. The minimum atomic E-state index is -1.06. The van der Waals surface area contributed by atoms with Crippen molar-refractivity contribution in [2.45, 2.75) is 65.0 Å². The number of imide groups is 1. The average molecular weight is 707 g/mol. The number of aromatic hydroxyl groups is 2. The van der Waals surface area contributed by atoms with Crippen LogP contribution in [0.3, 0.4) is 0 Å². The van der Waals surface area contributed by atoms with Crippen LogP contribution in [0, 0.1) is 17.7 Å². The highest BCUT2D eigenvalue weighted by Crippen LogP contribution is 2.46. The minimum Gasteiger partial charge on any atom is -0.506 e. The van der Waals surface area contributed by atoms with Gasteiger partial charge in [0.05, 0.1) is 17.9 Å². The molecule has 0 aromatic heterocycles. The number of halogens is 1. The molecule has 51 heavy (non-hydrogen) atoms. The third kappa shape index (κ3) is 10.00. The monoisotopic (exact) mass is 706 g/mol. The lowest BCUT2D eigenvalue weighted by atomic mass is 9.87. The first-order valence-electron chi connectivity index (χ1n) is 16.2. The number of ether oxygens (including phenoxy) is 3. The molecule has 6 atom stereocenters. The predicted molar refractivity (Wildman–Crippen MR) is 192 cm³/mol. The van der Waals surface area contributed by atoms with Gasteiger partial charge in [0.1, 0.15) is 29.1 Å². The topological polar surface area (TPSA) is 181 Å². The number of phenols is 2. The number of fused-ring (bicyclic) bond motifs is 2. The van der Waals surface area contributed by atoms with Crippen LogP contribution in [0.25, 0.3) is 0 Å². The molecule has 274 valence electrons. The lowest BCUT2D eigenvalue weighted by Gasteiger charge is -2.29. The maximum atomic E-state index is 14.1. The second-order valence-corrected chi connectivity index (χ2v) is 12.4. The van der Waals surface area contributed by atoms with Crippen LogP contribution in [0.2, 0.25) is 0 Å². The van der Waals surface area contributed by atoms with Gasteiger partial charge in [-0.15, -0.1) is 0 Å². The number of benzene rings is 2. The molecule has 0 saturated heterocycles. The Morgan fingerprint density at radius 1 is 1.12 bits per heavy atom. The number of nitrogens with zero attached hydrogens (tertiary/aromatic N) is 2. The van der Waals surface area contributed by atoms with Crippen LogP contribution in [-0.2, 0) is 25.4 Å². The van der Waals surface area contributed by atoms with Gasteiger partial charge >= 0.3 is 6.09 Å². The van der Waals surface area contributed by atoms with E-state index < -0.39 is 65.6 Å². The molecule has 5 N–H and O–H groups in total. The SMILES string of the molecule is C=CC=Nc1c(O)cc2c(O)c1C[C@@H](C)C[C@H](OC)[C@H](O)[C@@H](C)C=C(C)[C@H](OC(N)=O)[C@@H](OC)C=CC=C(C)C(=O)N2C(=O)c1ccc([18F])cc1. The van der Waals surface area contributed by atoms with Gasteiger partial charge in [-0.1, -0.05) is 50.8 Å². The fourth-order valence-electron chi connectivity index (χ4n) is 5.91. The van der Waals surface area contributed by atoms with Gasteiger partial charge in [-0.2, -0.15) is 0 Å². The van der Waals surface area contributed by atoms with Crippen molar-refractivity contribution in [2.75, 3.05) is 19.1 Å². The van der Waals surface area contributed by atoms with Crippen molar-refractivity contribution < 1.29 is 48.3 Å². The summed E-state index contributed by atoms with van der Waals surface area (Å²) in [5, 5.41) is 34.5. The van der Waals surface area contributed by atoms with Gasteiger partial charge in [-0.3, -0.25) is 14.6 Å². The number of carbonyl (C=O) groups is 3. The van der Waals surface area contributed by atoms with E-state index in [0.717, 1.165) is 18.2 Å². The molecule has 0 fully saturated rings. The normalized spacial score (nSPS) is 23.8. The number of nitrogens with two attached hydrogens (primary N) is 1. The molecule has 2 aromatic carbocycles. The van der Waals surface area contributed by atoms with Crippen LogP contribution in [-0.4, -0.2) is 78.1 Å². The average Bonchev–Trinajstić information content (AvgIpc) is 3.09. The Labute approximate surface area is 297 Å². The van der Waals surface area contributed by atoms with Crippen LogP contribution in [0.1, 0.15) is 50.0 Å². The summed E-state index contributed by atoms with van der Waals surface area (Å²) in [6.45, 7) is 10.3. The summed E-state index contributed by atoms with van der Waals surface area (Å²) in [5.41, 5.74) is 5.60. The number of carbonyl (C=O) groups excluding carboxylic acids is 3. The van der Waals surface area contributed by atoms with Gasteiger partial charge in [-0.25, -0.2) is 14.1 Å². The first-order valence-corrected chi connectivity index (χ1v) is 16.2. The fraction of sp³-hybridized carbons (Fsp3) is 0.368. The molecule has 3 rings (SSSR count). The zero-order valence-corrected chi connectivity index (χ0v) is 29.6.